The molecule has 1 amide bonds. The molecule has 2 saturated heterocycles. The van der Waals surface area contributed by atoms with Gasteiger partial charge in [0.15, 0.2) is 5.65 Å². The van der Waals surface area contributed by atoms with Crippen molar-refractivity contribution in [3.05, 3.63) is 34.5 Å². The van der Waals surface area contributed by atoms with Gasteiger partial charge in [0.05, 0.1) is 34.2 Å². The molecular weight excluding hydrogens is 582 g/mol. The molecule has 4 heterocycles. The smallest absolute Gasteiger partial charge is 0.410 e. The summed E-state index contributed by atoms with van der Waals surface area (Å²) in [5.41, 5.74) is 1.89. The molecule has 230 valence electrons. The Labute approximate surface area is 261 Å². The van der Waals surface area contributed by atoms with Gasteiger partial charge in [-0.25, -0.2) is 4.79 Å². The number of carbonyl (C=O) groups is 1. The van der Waals surface area contributed by atoms with Gasteiger partial charge in [0.1, 0.15) is 17.2 Å². The Kier molecular flexibility index (Phi) is 7.86. The van der Waals surface area contributed by atoms with Gasteiger partial charge in [-0.15, -0.1) is 0 Å². The molecule has 0 radical (unpaired) electrons. The lowest BCUT2D eigenvalue weighted by Crippen LogP contribution is -2.55. The lowest BCUT2D eigenvalue weighted by Gasteiger charge is -2.44. The Bertz CT molecular complexity index is 1670. The van der Waals surface area contributed by atoms with Crippen molar-refractivity contribution in [2.24, 2.45) is 0 Å². The van der Waals surface area contributed by atoms with E-state index in [1.165, 1.54) is 10.7 Å². The summed E-state index contributed by atoms with van der Waals surface area (Å²) in [7, 11) is 0. The molecular formula is C30H36ClN11O2. The van der Waals surface area contributed by atoms with E-state index in [9.17, 15) is 15.3 Å². The Morgan fingerprint density at radius 2 is 1.89 bits per heavy atom. The Morgan fingerprint density at radius 3 is 2.57 bits per heavy atom. The van der Waals surface area contributed by atoms with E-state index >= 15 is 0 Å². The lowest BCUT2D eigenvalue weighted by atomic mass is 10.1. The molecule has 6 rings (SSSR count). The zero-order valence-corrected chi connectivity index (χ0v) is 26.1. The normalized spacial score (nSPS) is 20.8. The maximum absolute atomic E-state index is 12.6. The SMILES string of the molecule is C[C@H]1CN(C2CCN(C(=O)OC(C)(C)C)C2)CCN1c1cc(C#N)cc(Nc2nc(NC3CC3)n3ncc(C#N)c3n2)c1Cl. The van der Waals surface area contributed by atoms with Crippen molar-refractivity contribution in [3.8, 4) is 12.1 Å². The Hall–Kier alpha value is -4.33. The number of nitriles is 2. The third-order valence-corrected chi connectivity index (χ3v) is 8.53. The first-order valence-electron chi connectivity index (χ1n) is 14.9. The number of fused-ring (bicyclic) bond motifs is 1. The Balaban J connectivity index is 1.20. The number of amides is 1. The van der Waals surface area contributed by atoms with E-state index in [1.807, 2.05) is 26.8 Å². The maximum atomic E-state index is 12.6. The van der Waals surface area contributed by atoms with E-state index in [0.717, 1.165) is 38.0 Å². The van der Waals surface area contributed by atoms with Crippen LogP contribution in [0.3, 0.4) is 0 Å². The van der Waals surface area contributed by atoms with Crippen LogP contribution in [0.15, 0.2) is 18.3 Å². The van der Waals surface area contributed by atoms with Crippen LogP contribution in [-0.2, 0) is 4.74 Å². The standard InChI is InChI=1S/C30H36ClN11O2/c1-18-16-39(22-7-8-40(17-22)29(43)44-30(2,3)4)9-10-41(18)24-12-19(13-32)11-23(25(24)31)36-27-37-26-20(14-33)15-34-42(26)28(38-27)35-21-5-6-21/h11-12,15,18,21-22H,5-10,16-17H2,1-4H3,(H2,35,36,37,38)/t18-,22?/m0/s1. The van der Waals surface area contributed by atoms with Crippen molar-refractivity contribution in [1.82, 2.24) is 29.4 Å². The van der Waals surface area contributed by atoms with Gasteiger partial charge in [0.25, 0.3) is 0 Å². The summed E-state index contributed by atoms with van der Waals surface area (Å²) >= 11 is 7.02. The highest BCUT2D eigenvalue weighted by Gasteiger charge is 2.36. The number of carbonyl (C=O) groups excluding carboxylic acids is 1. The fourth-order valence-corrected chi connectivity index (χ4v) is 6.08. The molecule has 0 spiro atoms. The minimum Gasteiger partial charge on any atom is -0.444 e. The van der Waals surface area contributed by atoms with Crippen molar-refractivity contribution < 1.29 is 9.53 Å². The number of hydrogen-bond acceptors (Lipinski definition) is 11. The highest BCUT2D eigenvalue weighted by Crippen LogP contribution is 2.38. The number of likely N-dealkylation sites (tertiary alicyclic amines) is 1. The molecule has 3 fully saturated rings. The van der Waals surface area contributed by atoms with Gasteiger partial charge in [-0.1, -0.05) is 11.6 Å². The van der Waals surface area contributed by atoms with Crippen LogP contribution >= 0.6 is 11.6 Å². The third-order valence-electron chi connectivity index (χ3n) is 8.13. The second-order valence-electron chi connectivity index (χ2n) is 12.7. The van der Waals surface area contributed by atoms with E-state index in [0.29, 0.717) is 59.1 Å². The fraction of sp³-hybridized carbons (Fsp3) is 0.533. The zero-order chi connectivity index (χ0) is 31.2. The van der Waals surface area contributed by atoms with Crippen LogP contribution in [0.1, 0.15) is 58.1 Å². The molecule has 1 aromatic carbocycles. The largest absolute Gasteiger partial charge is 0.444 e. The molecule has 14 heteroatoms. The number of benzene rings is 1. The van der Waals surface area contributed by atoms with Crippen LogP contribution in [0.4, 0.5) is 28.1 Å². The van der Waals surface area contributed by atoms with Gasteiger partial charge in [-0.05, 0) is 59.1 Å². The lowest BCUT2D eigenvalue weighted by molar-refractivity contribution is 0.0277. The molecule has 1 unspecified atom stereocenters. The summed E-state index contributed by atoms with van der Waals surface area (Å²) in [6.07, 6.45) is 4.18. The molecule has 2 aromatic heterocycles. The highest BCUT2D eigenvalue weighted by molar-refractivity contribution is 6.36. The first kappa shape index (κ1) is 29.7. The average Bonchev–Trinajstić information content (AvgIpc) is 3.47. The first-order chi connectivity index (χ1) is 21.0. The molecule has 2 aliphatic heterocycles. The van der Waals surface area contributed by atoms with Gasteiger partial charge in [-0.2, -0.15) is 30.1 Å². The predicted molar refractivity (Wildman–Crippen MR) is 166 cm³/mol. The molecule has 0 bridgehead atoms. The van der Waals surface area contributed by atoms with Gasteiger partial charge in [0, 0.05) is 50.8 Å². The number of piperazine rings is 1. The first-order valence-corrected chi connectivity index (χ1v) is 15.3. The average molecular weight is 618 g/mol. The third kappa shape index (κ3) is 6.16. The van der Waals surface area contributed by atoms with Crippen LogP contribution in [0.25, 0.3) is 5.65 Å². The fourth-order valence-electron chi connectivity index (χ4n) is 5.82. The molecule has 2 atom stereocenters. The second kappa shape index (κ2) is 11.6. The number of aromatic nitrogens is 4. The molecule has 1 aliphatic carbocycles. The van der Waals surface area contributed by atoms with Gasteiger partial charge < -0.3 is 25.2 Å². The number of rotatable bonds is 6. The summed E-state index contributed by atoms with van der Waals surface area (Å²) in [5, 5.41) is 30.8. The minimum absolute atomic E-state index is 0.102. The molecule has 3 aromatic rings. The predicted octanol–water partition coefficient (Wildman–Crippen LogP) is 4.36. The number of nitrogens with one attached hydrogen (secondary N) is 2. The van der Waals surface area contributed by atoms with Gasteiger partial charge in [0.2, 0.25) is 11.9 Å². The highest BCUT2D eigenvalue weighted by atomic mass is 35.5. The van der Waals surface area contributed by atoms with Crippen molar-refractivity contribution in [3.63, 3.8) is 0 Å². The van der Waals surface area contributed by atoms with Crippen LogP contribution in [0.2, 0.25) is 5.02 Å². The number of nitrogens with zero attached hydrogens (tertiary/aromatic N) is 9. The number of hydrogen-bond donors (Lipinski definition) is 2. The molecule has 2 N–H and O–H groups in total. The van der Waals surface area contributed by atoms with Crippen LogP contribution in [-0.4, -0.2) is 91.9 Å². The van der Waals surface area contributed by atoms with Gasteiger partial charge >= 0.3 is 6.09 Å². The summed E-state index contributed by atoms with van der Waals surface area (Å²) < 4.78 is 7.11. The molecule has 1 saturated carbocycles. The monoisotopic (exact) mass is 617 g/mol. The number of anilines is 4. The maximum Gasteiger partial charge on any atom is 0.410 e. The topological polar surface area (TPSA) is 151 Å². The second-order valence-corrected chi connectivity index (χ2v) is 13.1. The van der Waals surface area contributed by atoms with E-state index < -0.39 is 5.60 Å². The van der Waals surface area contributed by atoms with Crippen LogP contribution in [0, 0.1) is 22.7 Å². The summed E-state index contributed by atoms with van der Waals surface area (Å²) in [4.78, 5) is 28.2. The van der Waals surface area contributed by atoms with Crippen molar-refractivity contribution in [2.75, 3.05) is 48.3 Å². The quantitative estimate of drug-likeness (QED) is 0.406. The summed E-state index contributed by atoms with van der Waals surface area (Å²) in [6, 6.07) is 8.54. The Morgan fingerprint density at radius 1 is 1.09 bits per heavy atom. The van der Waals surface area contributed by atoms with E-state index in [1.54, 1.807) is 11.0 Å². The summed E-state index contributed by atoms with van der Waals surface area (Å²) in [6.45, 7) is 11.4. The van der Waals surface area contributed by atoms with Crippen molar-refractivity contribution in [1.29, 1.82) is 10.5 Å². The molecule has 3 aliphatic rings. The zero-order valence-electron chi connectivity index (χ0n) is 25.3. The van der Waals surface area contributed by atoms with Crippen LogP contribution < -0.4 is 15.5 Å². The van der Waals surface area contributed by atoms with E-state index in [4.69, 9.17) is 16.3 Å². The van der Waals surface area contributed by atoms with Crippen molar-refractivity contribution in [2.45, 2.75) is 70.7 Å². The molecule has 13 nitrogen and oxygen atoms in total. The minimum atomic E-state index is -0.520. The van der Waals surface area contributed by atoms with E-state index in [2.05, 4.69) is 54.6 Å². The number of ether oxygens (including phenoxy) is 1. The van der Waals surface area contributed by atoms with E-state index in [-0.39, 0.29) is 24.1 Å². The van der Waals surface area contributed by atoms with Crippen molar-refractivity contribution >= 4 is 46.6 Å². The number of halogens is 1. The molecule has 44 heavy (non-hydrogen) atoms. The van der Waals surface area contributed by atoms with Gasteiger partial charge in [-0.3, -0.25) is 4.90 Å². The summed E-state index contributed by atoms with van der Waals surface area (Å²) in [5.74, 6) is 0.727. The van der Waals surface area contributed by atoms with Crippen LogP contribution in [0.5, 0.6) is 0 Å².